The van der Waals surface area contributed by atoms with Crippen LogP contribution < -0.4 is 10.5 Å². The SMILES string of the molecule is Cc1ccc(NS(=O)(=O)Cc2ccccc2N)cc1C. The van der Waals surface area contributed by atoms with Crippen molar-refractivity contribution in [2.24, 2.45) is 0 Å². The molecule has 106 valence electrons. The highest BCUT2D eigenvalue weighted by Gasteiger charge is 2.13. The lowest BCUT2D eigenvalue weighted by Crippen LogP contribution is -2.16. The van der Waals surface area contributed by atoms with Crippen LogP contribution in [0.5, 0.6) is 0 Å². The van der Waals surface area contributed by atoms with E-state index in [2.05, 4.69) is 4.72 Å². The summed E-state index contributed by atoms with van der Waals surface area (Å²) in [4.78, 5) is 0. The van der Waals surface area contributed by atoms with Gasteiger partial charge >= 0.3 is 0 Å². The average molecular weight is 290 g/mol. The second-order valence-corrected chi connectivity index (χ2v) is 6.58. The smallest absolute Gasteiger partial charge is 0.236 e. The van der Waals surface area contributed by atoms with Gasteiger partial charge in [-0.25, -0.2) is 8.42 Å². The Bertz CT molecular complexity index is 724. The van der Waals surface area contributed by atoms with Crippen LogP contribution in [-0.2, 0) is 15.8 Å². The number of sulfonamides is 1. The largest absolute Gasteiger partial charge is 0.398 e. The number of hydrogen-bond donors (Lipinski definition) is 2. The van der Waals surface area contributed by atoms with Gasteiger partial charge in [-0.3, -0.25) is 4.72 Å². The minimum Gasteiger partial charge on any atom is -0.398 e. The van der Waals surface area contributed by atoms with E-state index >= 15 is 0 Å². The summed E-state index contributed by atoms with van der Waals surface area (Å²) in [5.41, 5.74) is 9.60. The van der Waals surface area contributed by atoms with Gasteiger partial charge in [-0.2, -0.15) is 0 Å². The molecule has 0 radical (unpaired) electrons. The quantitative estimate of drug-likeness (QED) is 0.850. The molecular weight excluding hydrogens is 272 g/mol. The van der Waals surface area contributed by atoms with E-state index in [1.54, 1.807) is 30.3 Å². The predicted octanol–water partition coefficient (Wildman–Crippen LogP) is 2.83. The topological polar surface area (TPSA) is 72.2 Å². The van der Waals surface area contributed by atoms with Crippen LogP contribution in [0, 0.1) is 13.8 Å². The van der Waals surface area contributed by atoms with Crippen LogP contribution in [0.4, 0.5) is 11.4 Å². The van der Waals surface area contributed by atoms with E-state index in [9.17, 15) is 8.42 Å². The maximum atomic E-state index is 12.2. The third kappa shape index (κ3) is 3.51. The number of benzene rings is 2. The number of rotatable bonds is 4. The van der Waals surface area contributed by atoms with E-state index in [4.69, 9.17) is 5.73 Å². The number of nitrogen functional groups attached to an aromatic ring is 1. The standard InChI is InChI=1S/C15H18N2O2S/c1-11-7-8-14(9-12(11)2)17-20(18,19)10-13-5-3-4-6-15(13)16/h3-9,17H,10,16H2,1-2H3. The lowest BCUT2D eigenvalue weighted by atomic mass is 10.1. The van der Waals surface area contributed by atoms with E-state index in [-0.39, 0.29) is 5.75 Å². The molecule has 2 aromatic carbocycles. The van der Waals surface area contributed by atoms with Crippen molar-refractivity contribution in [1.82, 2.24) is 0 Å². The van der Waals surface area contributed by atoms with Crippen molar-refractivity contribution < 1.29 is 8.42 Å². The Morgan fingerprint density at radius 2 is 1.75 bits per heavy atom. The molecule has 2 aromatic rings. The van der Waals surface area contributed by atoms with Crippen LogP contribution in [0.15, 0.2) is 42.5 Å². The minimum atomic E-state index is -3.47. The molecule has 0 aliphatic rings. The molecule has 3 N–H and O–H groups in total. The lowest BCUT2D eigenvalue weighted by molar-refractivity contribution is 0.600. The Morgan fingerprint density at radius 1 is 1.05 bits per heavy atom. The average Bonchev–Trinajstić information content (AvgIpc) is 2.36. The molecular formula is C15H18N2O2S. The zero-order chi connectivity index (χ0) is 14.8. The van der Waals surface area contributed by atoms with E-state index in [1.165, 1.54) is 0 Å². The number of nitrogens with two attached hydrogens (primary N) is 1. The molecule has 0 spiro atoms. The summed E-state index contributed by atoms with van der Waals surface area (Å²) in [5.74, 6) is -0.132. The van der Waals surface area contributed by atoms with Gasteiger partial charge in [0.1, 0.15) is 0 Å². The van der Waals surface area contributed by atoms with Gasteiger partial charge in [-0.15, -0.1) is 0 Å². The molecule has 0 fully saturated rings. The third-order valence-corrected chi connectivity index (χ3v) is 4.42. The Hall–Kier alpha value is -2.01. The van der Waals surface area contributed by atoms with E-state index in [1.807, 2.05) is 26.0 Å². The van der Waals surface area contributed by atoms with Crippen molar-refractivity contribution >= 4 is 21.4 Å². The molecule has 0 aliphatic carbocycles. The Kier molecular flexibility index (Phi) is 3.99. The molecule has 5 heteroatoms. The number of nitrogens with one attached hydrogen (secondary N) is 1. The lowest BCUT2D eigenvalue weighted by Gasteiger charge is -2.11. The Morgan fingerprint density at radius 3 is 2.40 bits per heavy atom. The summed E-state index contributed by atoms with van der Waals surface area (Å²) in [5, 5.41) is 0. The van der Waals surface area contributed by atoms with E-state index in [0.717, 1.165) is 11.1 Å². The van der Waals surface area contributed by atoms with Gasteiger partial charge in [0.25, 0.3) is 0 Å². The summed E-state index contributed by atoms with van der Waals surface area (Å²) < 4.78 is 26.9. The molecule has 0 unspecified atom stereocenters. The Labute approximate surface area is 119 Å². The molecule has 2 rings (SSSR count). The zero-order valence-corrected chi connectivity index (χ0v) is 12.4. The third-order valence-electron chi connectivity index (χ3n) is 3.18. The molecule has 0 atom stereocenters. The van der Waals surface area contributed by atoms with E-state index in [0.29, 0.717) is 16.9 Å². The second kappa shape index (κ2) is 5.54. The normalized spacial score (nSPS) is 11.3. The molecule has 0 saturated heterocycles. The molecule has 0 aliphatic heterocycles. The fraction of sp³-hybridized carbons (Fsp3) is 0.200. The van der Waals surface area contributed by atoms with Crippen LogP contribution in [0.2, 0.25) is 0 Å². The summed E-state index contributed by atoms with van der Waals surface area (Å²) in [6, 6.07) is 12.4. The highest BCUT2D eigenvalue weighted by Crippen LogP contribution is 2.19. The van der Waals surface area contributed by atoms with Crippen molar-refractivity contribution in [3.8, 4) is 0 Å². The van der Waals surface area contributed by atoms with Gasteiger partial charge in [-0.1, -0.05) is 24.3 Å². The first-order chi connectivity index (χ1) is 9.37. The monoisotopic (exact) mass is 290 g/mol. The number of hydrogen-bond acceptors (Lipinski definition) is 3. The summed E-state index contributed by atoms with van der Waals surface area (Å²) in [6.45, 7) is 3.93. The molecule has 0 saturated carbocycles. The molecule has 0 amide bonds. The first-order valence-corrected chi connectivity index (χ1v) is 7.94. The summed E-state index contributed by atoms with van der Waals surface area (Å²) in [6.07, 6.45) is 0. The van der Waals surface area contributed by atoms with Crippen LogP contribution in [-0.4, -0.2) is 8.42 Å². The van der Waals surface area contributed by atoms with Gasteiger partial charge in [0, 0.05) is 11.4 Å². The molecule has 4 nitrogen and oxygen atoms in total. The van der Waals surface area contributed by atoms with Gasteiger partial charge in [-0.05, 0) is 48.7 Å². The zero-order valence-electron chi connectivity index (χ0n) is 11.6. The molecule has 0 bridgehead atoms. The molecule has 20 heavy (non-hydrogen) atoms. The van der Waals surface area contributed by atoms with E-state index < -0.39 is 10.0 Å². The van der Waals surface area contributed by atoms with Gasteiger partial charge < -0.3 is 5.73 Å². The highest BCUT2D eigenvalue weighted by molar-refractivity contribution is 7.91. The molecule has 0 aromatic heterocycles. The van der Waals surface area contributed by atoms with Crippen LogP contribution in [0.3, 0.4) is 0 Å². The maximum absolute atomic E-state index is 12.2. The van der Waals surface area contributed by atoms with Crippen LogP contribution in [0.25, 0.3) is 0 Å². The van der Waals surface area contributed by atoms with Gasteiger partial charge in [0.15, 0.2) is 0 Å². The van der Waals surface area contributed by atoms with Crippen molar-refractivity contribution in [1.29, 1.82) is 0 Å². The predicted molar refractivity (Wildman–Crippen MR) is 83.0 cm³/mol. The number of aryl methyl sites for hydroxylation is 2. The number of para-hydroxylation sites is 1. The van der Waals surface area contributed by atoms with Gasteiger partial charge in [0.05, 0.1) is 5.75 Å². The maximum Gasteiger partial charge on any atom is 0.236 e. The first kappa shape index (κ1) is 14.4. The van der Waals surface area contributed by atoms with Crippen LogP contribution >= 0.6 is 0 Å². The Balaban J connectivity index is 2.19. The van der Waals surface area contributed by atoms with Crippen molar-refractivity contribution in [3.63, 3.8) is 0 Å². The first-order valence-electron chi connectivity index (χ1n) is 6.28. The summed E-state index contributed by atoms with van der Waals surface area (Å²) >= 11 is 0. The molecule has 0 heterocycles. The van der Waals surface area contributed by atoms with Crippen molar-refractivity contribution in [2.45, 2.75) is 19.6 Å². The number of anilines is 2. The summed E-state index contributed by atoms with van der Waals surface area (Å²) in [7, 11) is -3.47. The minimum absolute atomic E-state index is 0.132. The fourth-order valence-corrected chi connectivity index (χ4v) is 3.12. The van der Waals surface area contributed by atoms with Crippen LogP contribution in [0.1, 0.15) is 16.7 Å². The van der Waals surface area contributed by atoms with Gasteiger partial charge in [0.2, 0.25) is 10.0 Å². The van der Waals surface area contributed by atoms with Crippen molar-refractivity contribution in [2.75, 3.05) is 10.5 Å². The fourth-order valence-electron chi connectivity index (χ4n) is 1.89. The second-order valence-electron chi connectivity index (χ2n) is 4.86. The van der Waals surface area contributed by atoms with Crippen molar-refractivity contribution in [3.05, 3.63) is 59.2 Å². The highest BCUT2D eigenvalue weighted by atomic mass is 32.2.